The lowest BCUT2D eigenvalue weighted by Crippen LogP contribution is -2.18. The van der Waals surface area contributed by atoms with Crippen LogP contribution in [0.5, 0.6) is 5.75 Å². The third-order valence-corrected chi connectivity index (χ3v) is 2.95. The van der Waals surface area contributed by atoms with Gasteiger partial charge in [0.05, 0.1) is 13.2 Å². The van der Waals surface area contributed by atoms with Crippen LogP contribution in [0.1, 0.15) is 18.4 Å². The molecule has 3 nitrogen and oxygen atoms in total. The maximum Gasteiger partial charge on any atom is 0.122 e. The molecule has 0 unspecified atom stereocenters. The van der Waals surface area contributed by atoms with E-state index in [9.17, 15) is 0 Å². The molecule has 0 fully saturated rings. The Bertz CT molecular complexity index is 387. The highest BCUT2D eigenvalue weighted by Gasteiger charge is 2.02. The average molecular weight is 297 g/mol. The van der Waals surface area contributed by atoms with E-state index in [0.29, 0.717) is 6.42 Å². The zero-order valence-electron chi connectivity index (χ0n) is 10.0. The smallest absolute Gasteiger partial charge is 0.122 e. The summed E-state index contributed by atoms with van der Waals surface area (Å²) in [5, 5.41) is 11.7. The lowest BCUT2D eigenvalue weighted by molar-refractivity contribution is 0.409. The first-order valence-corrected chi connectivity index (χ1v) is 6.47. The van der Waals surface area contributed by atoms with Crippen LogP contribution in [0.15, 0.2) is 22.7 Å². The molecular weight excluding hydrogens is 280 g/mol. The summed E-state index contributed by atoms with van der Waals surface area (Å²) in [6.45, 7) is 1.79. The predicted molar refractivity (Wildman–Crippen MR) is 72.1 cm³/mol. The third kappa shape index (κ3) is 5.20. The average Bonchev–Trinajstić information content (AvgIpc) is 2.34. The van der Waals surface area contributed by atoms with Crippen molar-refractivity contribution in [1.82, 2.24) is 5.32 Å². The number of nitriles is 1. The molecule has 0 radical (unpaired) electrons. The summed E-state index contributed by atoms with van der Waals surface area (Å²) in [5.41, 5.74) is 1.19. The minimum Gasteiger partial charge on any atom is -0.496 e. The highest BCUT2D eigenvalue weighted by molar-refractivity contribution is 9.10. The van der Waals surface area contributed by atoms with Crippen molar-refractivity contribution in [3.8, 4) is 11.8 Å². The molecule has 0 saturated heterocycles. The summed E-state index contributed by atoms with van der Waals surface area (Å²) in [4.78, 5) is 0. The number of ether oxygens (including phenoxy) is 1. The van der Waals surface area contributed by atoms with Gasteiger partial charge in [-0.25, -0.2) is 0 Å². The second kappa shape index (κ2) is 8.10. The first-order valence-electron chi connectivity index (χ1n) is 5.68. The van der Waals surface area contributed by atoms with Crippen LogP contribution in [0.2, 0.25) is 0 Å². The Hall–Kier alpha value is -1.05. The van der Waals surface area contributed by atoms with E-state index in [-0.39, 0.29) is 0 Å². The first kappa shape index (κ1) is 14.0. The molecule has 1 aromatic rings. The van der Waals surface area contributed by atoms with E-state index in [4.69, 9.17) is 10.00 Å². The summed E-state index contributed by atoms with van der Waals surface area (Å²) in [7, 11) is 1.69. The molecule has 0 saturated carbocycles. The number of hydrogen-bond donors (Lipinski definition) is 1. The van der Waals surface area contributed by atoms with Crippen LogP contribution in [-0.4, -0.2) is 20.2 Å². The Balaban J connectivity index is 2.35. The van der Waals surface area contributed by atoms with E-state index in [2.05, 4.69) is 33.4 Å². The van der Waals surface area contributed by atoms with Gasteiger partial charge in [0.1, 0.15) is 5.75 Å². The topological polar surface area (TPSA) is 45.0 Å². The van der Waals surface area contributed by atoms with Crippen molar-refractivity contribution in [3.63, 3.8) is 0 Å². The largest absolute Gasteiger partial charge is 0.496 e. The fourth-order valence-corrected chi connectivity index (χ4v) is 1.99. The molecule has 0 aliphatic carbocycles. The van der Waals surface area contributed by atoms with Crippen LogP contribution < -0.4 is 10.1 Å². The summed E-state index contributed by atoms with van der Waals surface area (Å²) < 4.78 is 6.37. The van der Waals surface area contributed by atoms with Gasteiger partial charge >= 0.3 is 0 Å². The van der Waals surface area contributed by atoms with Crippen LogP contribution >= 0.6 is 15.9 Å². The third-order valence-electron chi connectivity index (χ3n) is 2.46. The molecule has 1 rings (SSSR count). The molecule has 0 aromatic heterocycles. The molecule has 0 atom stereocenters. The Morgan fingerprint density at radius 3 is 2.94 bits per heavy atom. The van der Waals surface area contributed by atoms with Crippen molar-refractivity contribution < 1.29 is 4.74 Å². The van der Waals surface area contributed by atoms with Gasteiger partial charge in [0.25, 0.3) is 0 Å². The van der Waals surface area contributed by atoms with Crippen molar-refractivity contribution in [2.45, 2.75) is 19.3 Å². The van der Waals surface area contributed by atoms with Crippen LogP contribution in [0.4, 0.5) is 0 Å². The van der Waals surface area contributed by atoms with Crippen molar-refractivity contribution >= 4 is 15.9 Å². The molecule has 0 aliphatic heterocycles. The van der Waals surface area contributed by atoms with E-state index in [1.165, 1.54) is 5.56 Å². The molecule has 1 N–H and O–H groups in total. The number of hydrogen-bond acceptors (Lipinski definition) is 3. The van der Waals surface area contributed by atoms with Gasteiger partial charge < -0.3 is 10.1 Å². The zero-order valence-corrected chi connectivity index (χ0v) is 11.6. The minimum absolute atomic E-state index is 0.618. The van der Waals surface area contributed by atoms with Gasteiger partial charge in [-0.05, 0) is 49.7 Å². The highest BCUT2D eigenvalue weighted by atomic mass is 79.9. The van der Waals surface area contributed by atoms with Crippen molar-refractivity contribution in [2.75, 3.05) is 20.2 Å². The minimum atomic E-state index is 0.618. The van der Waals surface area contributed by atoms with Gasteiger partial charge in [-0.15, -0.1) is 0 Å². The normalized spacial score (nSPS) is 9.94. The van der Waals surface area contributed by atoms with Gasteiger partial charge in [0.2, 0.25) is 0 Å². The van der Waals surface area contributed by atoms with Crippen molar-refractivity contribution in [1.29, 1.82) is 5.26 Å². The molecule has 17 heavy (non-hydrogen) atoms. The number of nitrogens with zero attached hydrogens (tertiary/aromatic N) is 1. The second-order valence-electron chi connectivity index (χ2n) is 3.72. The number of unbranched alkanes of at least 4 members (excludes halogenated alkanes) is 1. The van der Waals surface area contributed by atoms with Crippen LogP contribution in [0.3, 0.4) is 0 Å². The molecule has 1 aromatic carbocycles. The number of halogens is 1. The van der Waals surface area contributed by atoms with Gasteiger partial charge in [0, 0.05) is 10.9 Å². The Labute approximate surface area is 111 Å². The molecule has 0 aliphatic rings. The van der Waals surface area contributed by atoms with Gasteiger partial charge in [-0.2, -0.15) is 5.26 Å². The van der Waals surface area contributed by atoms with Crippen LogP contribution in [-0.2, 0) is 6.42 Å². The Morgan fingerprint density at radius 2 is 2.24 bits per heavy atom. The van der Waals surface area contributed by atoms with E-state index in [1.54, 1.807) is 7.11 Å². The van der Waals surface area contributed by atoms with E-state index >= 15 is 0 Å². The quantitative estimate of drug-likeness (QED) is 0.787. The number of benzene rings is 1. The SMILES string of the molecule is COc1ccc(Br)cc1CCNCCCC#N. The van der Waals surface area contributed by atoms with Crippen molar-refractivity contribution in [3.05, 3.63) is 28.2 Å². The summed E-state index contributed by atoms with van der Waals surface area (Å²) in [5.74, 6) is 0.923. The van der Waals surface area contributed by atoms with Crippen LogP contribution in [0, 0.1) is 11.3 Å². The molecule has 4 heteroatoms. The first-order chi connectivity index (χ1) is 8.27. The predicted octanol–water partition coefficient (Wildman–Crippen LogP) is 2.89. The zero-order chi connectivity index (χ0) is 12.5. The fraction of sp³-hybridized carbons (Fsp3) is 0.462. The number of methoxy groups -OCH3 is 1. The highest BCUT2D eigenvalue weighted by Crippen LogP contribution is 2.22. The standard InChI is InChI=1S/C13H17BrN2O/c1-17-13-5-4-12(14)10-11(13)6-9-16-8-3-2-7-15/h4-5,10,16H,2-3,6,8-9H2,1H3. The Kier molecular flexibility index (Phi) is 6.68. The Morgan fingerprint density at radius 1 is 1.41 bits per heavy atom. The van der Waals surface area contributed by atoms with Gasteiger partial charge in [-0.3, -0.25) is 0 Å². The maximum absolute atomic E-state index is 8.40. The number of rotatable bonds is 7. The summed E-state index contributed by atoms with van der Waals surface area (Å²) >= 11 is 3.46. The number of nitrogens with one attached hydrogen (secondary N) is 1. The summed E-state index contributed by atoms with van der Waals surface area (Å²) in [6.07, 6.45) is 2.45. The summed E-state index contributed by atoms with van der Waals surface area (Å²) in [6, 6.07) is 8.16. The second-order valence-corrected chi connectivity index (χ2v) is 4.63. The van der Waals surface area contributed by atoms with Gasteiger partial charge in [0.15, 0.2) is 0 Å². The van der Waals surface area contributed by atoms with Gasteiger partial charge in [-0.1, -0.05) is 15.9 Å². The monoisotopic (exact) mass is 296 g/mol. The van der Waals surface area contributed by atoms with E-state index in [1.807, 2.05) is 12.1 Å². The maximum atomic E-state index is 8.40. The van der Waals surface area contributed by atoms with Crippen molar-refractivity contribution in [2.24, 2.45) is 0 Å². The molecule has 0 spiro atoms. The van der Waals surface area contributed by atoms with Crippen LogP contribution in [0.25, 0.3) is 0 Å². The molecule has 0 bridgehead atoms. The molecule has 92 valence electrons. The lowest BCUT2D eigenvalue weighted by atomic mass is 10.1. The lowest BCUT2D eigenvalue weighted by Gasteiger charge is -2.09. The molecule has 0 heterocycles. The fourth-order valence-electron chi connectivity index (χ4n) is 1.58. The van der Waals surface area contributed by atoms with E-state index in [0.717, 1.165) is 36.2 Å². The molecule has 0 amide bonds. The van der Waals surface area contributed by atoms with E-state index < -0.39 is 0 Å². The molecular formula is C13H17BrN2O.